The van der Waals surface area contributed by atoms with Crippen LogP contribution in [-0.4, -0.2) is 101 Å². The standard InChI is InChI=1S/C21H29N3O5/c1-29-20(28)16-4-2-3-15(7-16)9-22-10-17-8-18(26)11-24(17)21(12-22)13-23(14-21)19(27)5-6-25/h2-4,7,17-18,25-26H,5-6,8-14H2,1H3/t17-,18-/m1/s1. The molecule has 3 aliphatic heterocycles. The molecular weight excluding hydrogens is 374 g/mol. The van der Waals surface area contributed by atoms with Gasteiger partial charge in [0, 0.05) is 51.7 Å². The molecule has 0 radical (unpaired) electrons. The Kier molecular flexibility index (Phi) is 5.61. The topological polar surface area (TPSA) is 93.5 Å². The van der Waals surface area contributed by atoms with Gasteiger partial charge in [-0.25, -0.2) is 4.79 Å². The minimum Gasteiger partial charge on any atom is -0.465 e. The molecule has 1 aromatic rings. The number of methoxy groups -OCH3 is 1. The summed E-state index contributed by atoms with van der Waals surface area (Å²) >= 11 is 0. The van der Waals surface area contributed by atoms with Crippen molar-refractivity contribution in [1.29, 1.82) is 0 Å². The number of hydrogen-bond acceptors (Lipinski definition) is 7. The average molecular weight is 403 g/mol. The molecule has 158 valence electrons. The minimum atomic E-state index is -0.343. The summed E-state index contributed by atoms with van der Waals surface area (Å²) in [6, 6.07) is 7.75. The predicted octanol–water partition coefficient (Wildman–Crippen LogP) is -0.313. The third kappa shape index (κ3) is 3.90. The molecule has 1 spiro atoms. The molecule has 3 heterocycles. The van der Waals surface area contributed by atoms with Gasteiger partial charge < -0.3 is 19.8 Å². The second-order valence-electron chi connectivity index (χ2n) is 8.51. The lowest BCUT2D eigenvalue weighted by Gasteiger charge is -2.61. The molecule has 8 heteroatoms. The van der Waals surface area contributed by atoms with Crippen LogP contribution in [0.1, 0.15) is 28.8 Å². The number of carbonyl (C=O) groups excluding carboxylic acids is 2. The number of aliphatic hydroxyl groups is 2. The number of rotatable bonds is 5. The maximum absolute atomic E-state index is 12.2. The van der Waals surface area contributed by atoms with E-state index >= 15 is 0 Å². The zero-order valence-electron chi connectivity index (χ0n) is 16.8. The summed E-state index contributed by atoms with van der Waals surface area (Å²) in [5.41, 5.74) is 1.44. The van der Waals surface area contributed by atoms with Crippen LogP contribution in [0.2, 0.25) is 0 Å². The maximum Gasteiger partial charge on any atom is 0.337 e. The number of nitrogens with zero attached hydrogens (tertiary/aromatic N) is 3. The summed E-state index contributed by atoms with van der Waals surface area (Å²) in [4.78, 5) is 30.5. The highest BCUT2D eigenvalue weighted by Crippen LogP contribution is 2.39. The van der Waals surface area contributed by atoms with Gasteiger partial charge in [0.25, 0.3) is 0 Å². The van der Waals surface area contributed by atoms with E-state index in [4.69, 9.17) is 9.84 Å². The zero-order chi connectivity index (χ0) is 20.6. The lowest BCUT2D eigenvalue weighted by molar-refractivity contribution is -0.157. The Hall–Kier alpha value is -2.00. The number of aliphatic hydroxyl groups excluding tert-OH is 2. The lowest BCUT2D eigenvalue weighted by Crippen LogP contribution is -2.78. The second-order valence-corrected chi connectivity index (χ2v) is 8.51. The fourth-order valence-corrected chi connectivity index (χ4v) is 5.18. The van der Waals surface area contributed by atoms with E-state index in [9.17, 15) is 14.7 Å². The first-order valence-corrected chi connectivity index (χ1v) is 10.2. The Bertz CT molecular complexity index is 779. The van der Waals surface area contributed by atoms with Gasteiger partial charge in [0.05, 0.1) is 30.9 Å². The summed E-state index contributed by atoms with van der Waals surface area (Å²) in [6.45, 7) is 4.15. The highest BCUT2D eigenvalue weighted by molar-refractivity contribution is 5.89. The minimum absolute atomic E-state index is 0.0164. The third-order valence-electron chi connectivity index (χ3n) is 6.39. The molecule has 8 nitrogen and oxygen atoms in total. The maximum atomic E-state index is 12.2. The predicted molar refractivity (Wildman–Crippen MR) is 105 cm³/mol. The molecular formula is C21H29N3O5. The monoisotopic (exact) mass is 403 g/mol. The Morgan fingerprint density at radius 1 is 1.24 bits per heavy atom. The summed E-state index contributed by atoms with van der Waals surface area (Å²) in [5.74, 6) is -0.360. The molecule has 1 amide bonds. The van der Waals surface area contributed by atoms with Crippen molar-refractivity contribution in [3.63, 3.8) is 0 Å². The van der Waals surface area contributed by atoms with Crippen LogP contribution in [0.4, 0.5) is 0 Å². The van der Waals surface area contributed by atoms with Crippen LogP contribution in [0.3, 0.4) is 0 Å². The van der Waals surface area contributed by atoms with E-state index in [1.54, 1.807) is 11.0 Å². The van der Waals surface area contributed by atoms with E-state index in [1.807, 2.05) is 18.2 Å². The fraction of sp³-hybridized carbons (Fsp3) is 0.619. The van der Waals surface area contributed by atoms with Crippen molar-refractivity contribution in [1.82, 2.24) is 14.7 Å². The zero-order valence-corrected chi connectivity index (χ0v) is 16.8. The summed E-state index contributed by atoms with van der Waals surface area (Å²) in [5, 5.41) is 19.3. The van der Waals surface area contributed by atoms with E-state index in [-0.39, 0.29) is 42.6 Å². The summed E-state index contributed by atoms with van der Waals surface area (Å²) in [6.07, 6.45) is 0.568. The van der Waals surface area contributed by atoms with Crippen molar-refractivity contribution in [2.45, 2.75) is 37.1 Å². The lowest BCUT2D eigenvalue weighted by atomic mass is 9.83. The van der Waals surface area contributed by atoms with Gasteiger partial charge in [-0.1, -0.05) is 12.1 Å². The molecule has 2 atom stereocenters. The van der Waals surface area contributed by atoms with Gasteiger partial charge in [0.2, 0.25) is 5.91 Å². The number of likely N-dealkylation sites (tertiary alicyclic amines) is 1. The smallest absolute Gasteiger partial charge is 0.337 e. The Balaban J connectivity index is 1.48. The van der Waals surface area contributed by atoms with Crippen molar-refractivity contribution in [3.05, 3.63) is 35.4 Å². The molecule has 0 aromatic heterocycles. The van der Waals surface area contributed by atoms with Crippen molar-refractivity contribution in [3.8, 4) is 0 Å². The van der Waals surface area contributed by atoms with Gasteiger partial charge in [0.1, 0.15) is 0 Å². The Morgan fingerprint density at radius 3 is 2.76 bits per heavy atom. The van der Waals surface area contributed by atoms with Crippen LogP contribution >= 0.6 is 0 Å². The van der Waals surface area contributed by atoms with Crippen molar-refractivity contribution < 1.29 is 24.5 Å². The normalized spacial score (nSPS) is 26.2. The fourth-order valence-electron chi connectivity index (χ4n) is 5.18. The van der Waals surface area contributed by atoms with Crippen molar-refractivity contribution in [2.24, 2.45) is 0 Å². The van der Waals surface area contributed by atoms with Gasteiger partial charge in [-0.3, -0.25) is 14.6 Å². The quantitative estimate of drug-likeness (QED) is 0.652. The molecule has 0 bridgehead atoms. The number of fused-ring (bicyclic) bond motifs is 2. The number of carbonyl (C=O) groups is 2. The van der Waals surface area contributed by atoms with Gasteiger partial charge in [-0.15, -0.1) is 0 Å². The molecule has 3 fully saturated rings. The van der Waals surface area contributed by atoms with E-state index in [0.717, 1.165) is 25.1 Å². The number of amides is 1. The van der Waals surface area contributed by atoms with Gasteiger partial charge in [0.15, 0.2) is 0 Å². The van der Waals surface area contributed by atoms with Crippen molar-refractivity contribution in [2.75, 3.05) is 46.4 Å². The molecule has 3 saturated heterocycles. The highest BCUT2D eigenvalue weighted by atomic mass is 16.5. The molecule has 1 aromatic carbocycles. The van der Waals surface area contributed by atoms with Crippen LogP contribution in [0.25, 0.3) is 0 Å². The Morgan fingerprint density at radius 2 is 2.03 bits per heavy atom. The van der Waals surface area contributed by atoms with Crippen LogP contribution in [0, 0.1) is 0 Å². The van der Waals surface area contributed by atoms with Crippen molar-refractivity contribution >= 4 is 11.9 Å². The molecule has 0 unspecified atom stereocenters. The first-order valence-electron chi connectivity index (χ1n) is 10.2. The number of esters is 1. The Labute approximate surface area is 170 Å². The largest absolute Gasteiger partial charge is 0.465 e. The number of hydrogen-bond donors (Lipinski definition) is 2. The van der Waals surface area contributed by atoms with Crippen LogP contribution in [-0.2, 0) is 16.1 Å². The van der Waals surface area contributed by atoms with Crippen LogP contribution in [0.5, 0.6) is 0 Å². The first kappa shape index (κ1) is 20.3. The van der Waals surface area contributed by atoms with Crippen LogP contribution < -0.4 is 0 Å². The number of piperazine rings is 1. The van der Waals surface area contributed by atoms with E-state index in [0.29, 0.717) is 31.7 Å². The molecule has 0 saturated carbocycles. The van der Waals surface area contributed by atoms with Gasteiger partial charge in [-0.05, 0) is 24.1 Å². The number of benzene rings is 1. The summed E-state index contributed by atoms with van der Waals surface area (Å²) in [7, 11) is 1.38. The van der Waals surface area contributed by atoms with E-state index in [2.05, 4.69) is 9.80 Å². The molecule has 29 heavy (non-hydrogen) atoms. The molecule has 4 rings (SSSR count). The highest BCUT2D eigenvalue weighted by Gasteiger charge is 2.56. The first-order chi connectivity index (χ1) is 13.9. The van der Waals surface area contributed by atoms with E-state index < -0.39 is 0 Å². The SMILES string of the molecule is COC(=O)c1cccc(CN2C[C@H]3C[C@@H](O)CN3C3(C2)CN(C(=O)CCO)C3)c1. The van der Waals surface area contributed by atoms with Gasteiger partial charge in [-0.2, -0.15) is 0 Å². The number of ether oxygens (including phenoxy) is 1. The molecule has 3 aliphatic rings. The average Bonchev–Trinajstić information content (AvgIpc) is 3.05. The molecule has 2 N–H and O–H groups in total. The third-order valence-corrected chi connectivity index (χ3v) is 6.39. The number of β-amino-alcohol motifs (C(OH)–C–C–N with tert-alkyl or cyclic N) is 1. The second kappa shape index (κ2) is 8.02. The van der Waals surface area contributed by atoms with Crippen LogP contribution in [0.15, 0.2) is 24.3 Å². The van der Waals surface area contributed by atoms with E-state index in [1.165, 1.54) is 7.11 Å². The summed E-state index contributed by atoms with van der Waals surface area (Å²) < 4.78 is 4.82. The van der Waals surface area contributed by atoms with Gasteiger partial charge >= 0.3 is 5.97 Å². The molecule has 0 aliphatic carbocycles.